The zero-order valence-electron chi connectivity index (χ0n) is 34.6. The van der Waals surface area contributed by atoms with Crippen molar-refractivity contribution in [1.82, 2.24) is 0 Å². The molecule has 0 saturated carbocycles. The molecule has 0 fully saturated rings. The van der Waals surface area contributed by atoms with Gasteiger partial charge in [-0.1, -0.05) is 182 Å². The highest BCUT2D eigenvalue weighted by Crippen LogP contribution is 2.59. The minimum absolute atomic E-state index is 0.684. The van der Waals surface area contributed by atoms with Gasteiger partial charge in [0.2, 0.25) is 0 Å². The van der Waals surface area contributed by atoms with Crippen molar-refractivity contribution in [2.24, 2.45) is 0 Å². The molecule has 0 heterocycles. The van der Waals surface area contributed by atoms with Gasteiger partial charge in [0.25, 0.3) is 0 Å². The zero-order valence-corrected chi connectivity index (χ0v) is 34.6. The smallest absolute Gasteiger partial charge is 0.0721 e. The fourth-order valence-corrected chi connectivity index (χ4v) is 10.3. The van der Waals surface area contributed by atoms with Crippen LogP contribution in [-0.4, -0.2) is 0 Å². The van der Waals surface area contributed by atoms with E-state index in [4.69, 9.17) is 0 Å². The van der Waals surface area contributed by atoms with E-state index in [1.165, 1.54) is 65.7 Å². The van der Waals surface area contributed by atoms with Gasteiger partial charge in [-0.3, -0.25) is 0 Å². The van der Waals surface area contributed by atoms with Gasteiger partial charge in [-0.15, -0.1) is 0 Å². The van der Waals surface area contributed by atoms with E-state index < -0.39 is 5.41 Å². The molecule has 11 aromatic rings. The van der Waals surface area contributed by atoms with Gasteiger partial charge in [0.15, 0.2) is 0 Å². The Labute approximate surface area is 368 Å². The highest BCUT2D eigenvalue weighted by molar-refractivity contribution is 5.98. The number of nitrogens with zero attached hydrogens (tertiary/aromatic N) is 2. The second kappa shape index (κ2) is 15.1. The van der Waals surface area contributed by atoms with Crippen molar-refractivity contribution in [2.45, 2.75) is 5.41 Å². The second-order valence-corrected chi connectivity index (χ2v) is 16.5. The van der Waals surface area contributed by atoms with Crippen molar-refractivity contribution in [2.75, 3.05) is 9.80 Å². The van der Waals surface area contributed by atoms with E-state index in [0.29, 0.717) is 0 Å². The largest absolute Gasteiger partial charge is 0.310 e. The molecular weight excluding hydrogens is 761 g/mol. The predicted molar refractivity (Wildman–Crippen MR) is 266 cm³/mol. The third kappa shape index (κ3) is 6.02. The van der Waals surface area contributed by atoms with Crippen molar-refractivity contribution in [3.63, 3.8) is 0 Å². The number of benzene rings is 11. The third-order valence-corrected chi connectivity index (χ3v) is 13.0. The molecule has 12 rings (SSSR count). The number of rotatable bonds is 8. The van der Waals surface area contributed by atoms with Crippen LogP contribution in [0, 0.1) is 0 Å². The van der Waals surface area contributed by atoms with E-state index in [2.05, 4.69) is 265 Å². The van der Waals surface area contributed by atoms with E-state index in [0.717, 1.165) is 34.1 Å². The maximum atomic E-state index is 2.48. The van der Waals surface area contributed by atoms with E-state index >= 15 is 0 Å². The van der Waals surface area contributed by atoms with Gasteiger partial charge in [-0.2, -0.15) is 0 Å². The van der Waals surface area contributed by atoms with Crippen LogP contribution in [0.1, 0.15) is 22.3 Å². The minimum atomic E-state index is -0.684. The van der Waals surface area contributed by atoms with E-state index in [-0.39, 0.29) is 0 Å². The first kappa shape index (κ1) is 36.6. The summed E-state index contributed by atoms with van der Waals surface area (Å²) < 4.78 is 0. The van der Waals surface area contributed by atoms with Crippen molar-refractivity contribution in [3.8, 4) is 11.1 Å². The molecule has 0 atom stereocenters. The molecule has 0 unspecified atom stereocenters. The Hall–Kier alpha value is -8.20. The highest BCUT2D eigenvalue weighted by Gasteiger charge is 2.47. The summed E-state index contributed by atoms with van der Waals surface area (Å²) in [6, 6.07) is 93.7. The monoisotopic (exact) mass is 802 g/mol. The molecule has 0 saturated heterocycles. The first-order valence-electron chi connectivity index (χ1n) is 21.8. The number of para-hydroxylation sites is 2. The summed E-state index contributed by atoms with van der Waals surface area (Å²) in [5.74, 6) is 0. The number of fused-ring (bicyclic) bond motifs is 6. The van der Waals surface area contributed by atoms with Crippen LogP contribution in [-0.2, 0) is 5.41 Å². The van der Waals surface area contributed by atoms with E-state index in [1.807, 2.05) is 0 Å². The average molecular weight is 803 g/mol. The van der Waals surface area contributed by atoms with Crippen LogP contribution in [0.5, 0.6) is 0 Å². The van der Waals surface area contributed by atoms with Gasteiger partial charge in [0.05, 0.1) is 5.41 Å². The van der Waals surface area contributed by atoms with Gasteiger partial charge >= 0.3 is 0 Å². The lowest BCUT2D eigenvalue weighted by Gasteiger charge is -2.36. The van der Waals surface area contributed by atoms with Crippen LogP contribution in [0.25, 0.3) is 43.4 Å². The molecule has 11 aromatic carbocycles. The Morgan fingerprint density at radius 1 is 0.238 bits per heavy atom. The van der Waals surface area contributed by atoms with E-state index in [9.17, 15) is 0 Å². The van der Waals surface area contributed by atoms with Crippen molar-refractivity contribution in [3.05, 3.63) is 277 Å². The second-order valence-electron chi connectivity index (χ2n) is 16.5. The van der Waals surface area contributed by atoms with Gasteiger partial charge in [-0.25, -0.2) is 0 Å². The first-order chi connectivity index (χ1) is 31.2. The number of hydrogen-bond acceptors (Lipinski definition) is 2. The molecule has 2 heteroatoms. The molecule has 0 aliphatic heterocycles. The summed E-state index contributed by atoms with van der Waals surface area (Å²) in [7, 11) is 0. The fourth-order valence-electron chi connectivity index (χ4n) is 10.3. The summed E-state index contributed by atoms with van der Waals surface area (Å²) in [5, 5.41) is 7.32. The molecule has 0 aromatic heterocycles. The summed E-state index contributed by atoms with van der Waals surface area (Å²) in [6.07, 6.45) is 0. The van der Waals surface area contributed by atoms with Gasteiger partial charge in [-0.05, 0) is 138 Å². The average Bonchev–Trinajstić information content (AvgIpc) is 3.64. The summed E-state index contributed by atoms with van der Waals surface area (Å²) >= 11 is 0. The molecule has 0 amide bonds. The van der Waals surface area contributed by atoms with Crippen molar-refractivity contribution < 1.29 is 0 Å². The van der Waals surface area contributed by atoms with Crippen LogP contribution < -0.4 is 9.80 Å². The highest BCUT2D eigenvalue weighted by atomic mass is 15.1. The topological polar surface area (TPSA) is 6.48 Å². The van der Waals surface area contributed by atoms with Crippen LogP contribution >= 0.6 is 0 Å². The Morgan fingerprint density at radius 2 is 0.635 bits per heavy atom. The summed E-state index contributed by atoms with van der Waals surface area (Å²) in [6.45, 7) is 0. The Balaban J connectivity index is 1.15. The van der Waals surface area contributed by atoms with Crippen LogP contribution in [0.2, 0.25) is 0 Å². The Bertz CT molecular complexity index is 3290. The molecule has 0 radical (unpaired) electrons. The standard InChI is InChI=1S/C61H42N2/c1-4-23-48(24-5-1)61(58-30-16-22-45-19-14-15-29-55(45)58)59-41-53(62(49-25-6-2-7-26-49)51-33-31-43-17-10-12-20-46(43)39-51)35-37-56(59)57-38-36-54(42-60(57)61)63(50-27-8-3-9-28-50)52-34-32-44-18-11-13-21-47(44)40-52/h1-42H. The molecule has 0 bridgehead atoms. The lowest BCUT2D eigenvalue weighted by atomic mass is 9.66. The lowest BCUT2D eigenvalue weighted by Crippen LogP contribution is -2.29. The number of anilines is 6. The van der Waals surface area contributed by atoms with Crippen LogP contribution in [0.15, 0.2) is 255 Å². The summed E-state index contributed by atoms with van der Waals surface area (Å²) in [4.78, 5) is 4.83. The van der Waals surface area contributed by atoms with Crippen LogP contribution in [0.3, 0.4) is 0 Å². The molecule has 1 aliphatic carbocycles. The molecule has 63 heavy (non-hydrogen) atoms. The quantitative estimate of drug-likeness (QED) is 0.151. The van der Waals surface area contributed by atoms with Gasteiger partial charge < -0.3 is 9.80 Å². The van der Waals surface area contributed by atoms with Crippen molar-refractivity contribution >= 4 is 66.4 Å². The lowest BCUT2D eigenvalue weighted by molar-refractivity contribution is 0.776. The molecule has 0 N–H and O–H groups in total. The predicted octanol–water partition coefficient (Wildman–Crippen LogP) is 16.4. The van der Waals surface area contributed by atoms with Gasteiger partial charge in [0.1, 0.15) is 0 Å². The zero-order chi connectivity index (χ0) is 41.7. The SMILES string of the molecule is c1ccc(N(c2ccc3c(c2)C(c2ccccc2)(c2cccc4ccccc24)c2cc(N(c4ccccc4)c4ccc5ccccc5c4)ccc2-3)c2ccc3ccccc3c2)cc1. The minimum Gasteiger partial charge on any atom is -0.310 e. The maximum absolute atomic E-state index is 2.48. The van der Waals surface area contributed by atoms with Crippen LogP contribution in [0.4, 0.5) is 34.1 Å². The fraction of sp³-hybridized carbons (Fsp3) is 0.0164. The Kier molecular flexibility index (Phi) is 8.76. The molecule has 296 valence electrons. The molecule has 0 spiro atoms. The third-order valence-electron chi connectivity index (χ3n) is 13.0. The normalized spacial score (nSPS) is 12.6. The summed E-state index contributed by atoms with van der Waals surface area (Å²) in [5.41, 5.74) is 13.4. The van der Waals surface area contributed by atoms with Gasteiger partial charge in [0, 0.05) is 34.1 Å². The number of hydrogen-bond donors (Lipinski definition) is 0. The maximum Gasteiger partial charge on any atom is 0.0721 e. The molecule has 2 nitrogen and oxygen atoms in total. The molecular formula is C61H42N2. The van der Waals surface area contributed by atoms with Crippen molar-refractivity contribution in [1.29, 1.82) is 0 Å². The Morgan fingerprint density at radius 3 is 1.16 bits per heavy atom. The van der Waals surface area contributed by atoms with E-state index in [1.54, 1.807) is 0 Å². The molecule has 1 aliphatic rings. The first-order valence-corrected chi connectivity index (χ1v) is 21.8.